The highest BCUT2D eigenvalue weighted by Gasteiger charge is 2.39. The first-order valence-electron chi connectivity index (χ1n) is 7.47. The molecule has 2 heterocycles. The Morgan fingerprint density at radius 2 is 2.12 bits per heavy atom. The highest BCUT2D eigenvalue weighted by molar-refractivity contribution is 7.99. The van der Waals surface area contributed by atoms with Crippen molar-refractivity contribution in [1.29, 1.82) is 0 Å². The van der Waals surface area contributed by atoms with Gasteiger partial charge in [0, 0.05) is 5.69 Å². The van der Waals surface area contributed by atoms with Gasteiger partial charge in [-0.1, -0.05) is 30.0 Å². The van der Waals surface area contributed by atoms with Crippen LogP contribution in [0.5, 0.6) is 0 Å². The van der Waals surface area contributed by atoms with Gasteiger partial charge in [0.15, 0.2) is 15.0 Å². The van der Waals surface area contributed by atoms with E-state index in [1.165, 1.54) is 11.8 Å². The molecule has 1 aromatic carbocycles. The van der Waals surface area contributed by atoms with Gasteiger partial charge in [-0.15, -0.1) is 10.2 Å². The molecule has 1 N–H and O–H groups in total. The summed E-state index contributed by atoms with van der Waals surface area (Å²) in [6.07, 6.45) is 2.05. The number of nitrogens with one attached hydrogen (secondary N) is 1. The summed E-state index contributed by atoms with van der Waals surface area (Å²) in [5.41, 5.74) is 0.239. The van der Waals surface area contributed by atoms with E-state index >= 15 is 0 Å². The molecule has 1 amide bonds. The Morgan fingerprint density at radius 3 is 2.79 bits per heavy atom. The molecule has 1 saturated heterocycles. The minimum Gasteiger partial charge on any atom is -0.349 e. The molecule has 128 valence electrons. The molecule has 2 aromatic rings. The number of rotatable bonds is 5. The second-order valence-corrected chi connectivity index (χ2v) is 9.19. The maximum Gasteiger partial charge on any atom is 0.230 e. The standard InChI is InChI=1S/C15H18N4O3S2/c1-15(7-8-24(21,22)10-15)17-13(20)9-23-14-18-16-11-19(14)12-5-3-2-4-6-12/h2-6,11H,7-10H2,1H3,(H,17,20). The van der Waals surface area contributed by atoms with Crippen LogP contribution in [-0.2, 0) is 14.6 Å². The zero-order valence-corrected chi connectivity index (χ0v) is 14.8. The SMILES string of the molecule is CC1(NC(=O)CSc2nncn2-c2ccccc2)CCS(=O)(=O)C1. The predicted octanol–water partition coefficient (Wildman–Crippen LogP) is 1.05. The highest BCUT2D eigenvalue weighted by atomic mass is 32.2. The summed E-state index contributed by atoms with van der Waals surface area (Å²) >= 11 is 1.27. The molecule has 0 aliphatic carbocycles. The van der Waals surface area contributed by atoms with E-state index < -0.39 is 15.4 Å². The van der Waals surface area contributed by atoms with Crippen molar-refractivity contribution in [2.24, 2.45) is 0 Å². The Kier molecular flexibility index (Phi) is 4.64. The van der Waals surface area contributed by atoms with Crippen molar-refractivity contribution >= 4 is 27.5 Å². The number of nitrogens with zero attached hydrogens (tertiary/aromatic N) is 3. The fourth-order valence-corrected chi connectivity index (χ4v) is 5.52. The maximum absolute atomic E-state index is 12.2. The smallest absolute Gasteiger partial charge is 0.230 e. The summed E-state index contributed by atoms with van der Waals surface area (Å²) < 4.78 is 25.0. The van der Waals surface area contributed by atoms with Crippen LogP contribution in [0.4, 0.5) is 0 Å². The third-order valence-corrected chi connectivity index (χ3v) is 6.67. The molecular weight excluding hydrogens is 348 g/mol. The van der Waals surface area contributed by atoms with Crippen LogP contribution >= 0.6 is 11.8 Å². The summed E-state index contributed by atoms with van der Waals surface area (Å²) in [5, 5.41) is 11.4. The number of para-hydroxylation sites is 1. The summed E-state index contributed by atoms with van der Waals surface area (Å²) in [6.45, 7) is 1.77. The molecule has 0 bridgehead atoms. The summed E-state index contributed by atoms with van der Waals surface area (Å²) in [5.74, 6) is 0.0685. The molecule has 7 nitrogen and oxygen atoms in total. The van der Waals surface area contributed by atoms with Gasteiger partial charge in [0.05, 0.1) is 22.8 Å². The molecule has 1 aliphatic rings. The van der Waals surface area contributed by atoms with E-state index in [9.17, 15) is 13.2 Å². The normalized spacial score (nSPS) is 22.4. The van der Waals surface area contributed by atoms with Crippen molar-refractivity contribution in [2.45, 2.75) is 24.0 Å². The Morgan fingerprint density at radius 1 is 1.38 bits per heavy atom. The number of hydrogen-bond donors (Lipinski definition) is 1. The second-order valence-electron chi connectivity index (χ2n) is 6.06. The van der Waals surface area contributed by atoms with Gasteiger partial charge < -0.3 is 5.32 Å². The summed E-state index contributed by atoms with van der Waals surface area (Å²) in [6, 6.07) is 9.61. The first kappa shape index (κ1) is 17.0. The second kappa shape index (κ2) is 6.56. The van der Waals surface area contributed by atoms with Crippen LogP contribution in [0.2, 0.25) is 0 Å². The van der Waals surface area contributed by atoms with E-state index in [2.05, 4.69) is 15.5 Å². The van der Waals surface area contributed by atoms with Crippen molar-refractivity contribution in [3.05, 3.63) is 36.7 Å². The van der Waals surface area contributed by atoms with Gasteiger partial charge in [0.25, 0.3) is 0 Å². The van der Waals surface area contributed by atoms with Crippen molar-refractivity contribution in [2.75, 3.05) is 17.3 Å². The lowest BCUT2D eigenvalue weighted by atomic mass is 10.0. The van der Waals surface area contributed by atoms with Crippen LogP contribution in [0.3, 0.4) is 0 Å². The van der Waals surface area contributed by atoms with Gasteiger partial charge in [-0.05, 0) is 25.5 Å². The zero-order chi connectivity index (χ0) is 17.2. The van der Waals surface area contributed by atoms with Crippen molar-refractivity contribution in [3.63, 3.8) is 0 Å². The third-order valence-electron chi connectivity index (χ3n) is 3.83. The van der Waals surface area contributed by atoms with E-state index in [0.29, 0.717) is 11.6 Å². The molecule has 1 unspecified atom stereocenters. The number of hydrogen-bond acceptors (Lipinski definition) is 6. The fraction of sp³-hybridized carbons (Fsp3) is 0.400. The topological polar surface area (TPSA) is 93.9 Å². The molecule has 1 atom stereocenters. The molecule has 0 saturated carbocycles. The molecule has 1 aliphatic heterocycles. The van der Waals surface area contributed by atoms with Gasteiger partial charge >= 0.3 is 0 Å². The average molecular weight is 366 g/mol. The van der Waals surface area contributed by atoms with Crippen LogP contribution in [-0.4, -0.2) is 51.9 Å². The molecule has 0 radical (unpaired) electrons. The van der Waals surface area contributed by atoms with Gasteiger partial charge in [-0.25, -0.2) is 8.42 Å². The first-order chi connectivity index (χ1) is 11.4. The van der Waals surface area contributed by atoms with E-state index in [1.54, 1.807) is 17.8 Å². The molecular formula is C15H18N4O3S2. The highest BCUT2D eigenvalue weighted by Crippen LogP contribution is 2.24. The number of amides is 1. The molecule has 9 heteroatoms. The fourth-order valence-electron chi connectivity index (χ4n) is 2.70. The minimum absolute atomic E-state index is 0.00337. The molecule has 24 heavy (non-hydrogen) atoms. The number of sulfone groups is 1. The summed E-state index contributed by atoms with van der Waals surface area (Å²) in [7, 11) is -3.05. The minimum atomic E-state index is -3.05. The number of thioether (sulfide) groups is 1. The molecule has 1 aromatic heterocycles. The lowest BCUT2D eigenvalue weighted by Crippen LogP contribution is -2.47. The van der Waals surface area contributed by atoms with E-state index in [1.807, 2.05) is 30.3 Å². The number of carbonyl (C=O) groups excluding carboxylic acids is 1. The van der Waals surface area contributed by atoms with Crippen LogP contribution in [0.15, 0.2) is 41.8 Å². The largest absolute Gasteiger partial charge is 0.349 e. The number of benzene rings is 1. The summed E-state index contributed by atoms with van der Waals surface area (Å²) in [4.78, 5) is 12.2. The van der Waals surface area contributed by atoms with Gasteiger partial charge in [0.2, 0.25) is 5.91 Å². The Bertz CT molecular complexity index is 835. The zero-order valence-electron chi connectivity index (χ0n) is 13.2. The average Bonchev–Trinajstić information content (AvgIpc) is 3.10. The van der Waals surface area contributed by atoms with Crippen molar-refractivity contribution < 1.29 is 13.2 Å². The molecule has 1 fully saturated rings. The number of aromatic nitrogens is 3. The Balaban J connectivity index is 1.61. The Labute approximate surface area is 144 Å². The van der Waals surface area contributed by atoms with E-state index in [4.69, 9.17) is 0 Å². The van der Waals surface area contributed by atoms with Crippen molar-refractivity contribution in [3.8, 4) is 5.69 Å². The quantitative estimate of drug-likeness (QED) is 0.795. The van der Waals surface area contributed by atoms with E-state index in [0.717, 1.165) is 5.69 Å². The lowest BCUT2D eigenvalue weighted by molar-refractivity contribution is -0.120. The molecule has 3 rings (SSSR count). The first-order valence-corrected chi connectivity index (χ1v) is 10.3. The van der Waals surface area contributed by atoms with E-state index in [-0.39, 0.29) is 23.2 Å². The van der Waals surface area contributed by atoms with Crippen LogP contribution in [0.25, 0.3) is 5.69 Å². The van der Waals surface area contributed by atoms with Gasteiger partial charge in [0.1, 0.15) is 6.33 Å². The number of carbonyl (C=O) groups is 1. The van der Waals surface area contributed by atoms with Gasteiger partial charge in [-0.3, -0.25) is 9.36 Å². The van der Waals surface area contributed by atoms with Crippen LogP contribution < -0.4 is 5.32 Å². The Hall–Kier alpha value is -1.87. The van der Waals surface area contributed by atoms with Crippen LogP contribution in [0.1, 0.15) is 13.3 Å². The lowest BCUT2D eigenvalue weighted by Gasteiger charge is -2.23. The molecule has 0 spiro atoms. The predicted molar refractivity (Wildman–Crippen MR) is 91.9 cm³/mol. The van der Waals surface area contributed by atoms with Crippen LogP contribution in [0, 0.1) is 0 Å². The van der Waals surface area contributed by atoms with Crippen molar-refractivity contribution in [1.82, 2.24) is 20.1 Å². The maximum atomic E-state index is 12.2. The monoisotopic (exact) mass is 366 g/mol. The van der Waals surface area contributed by atoms with Gasteiger partial charge in [-0.2, -0.15) is 0 Å². The third kappa shape index (κ3) is 3.96.